The molecule has 0 unspecified atom stereocenters. The SMILES string of the molecule is O=S(=O)(NC1CCN(c2cnsn2)CC1)c1ccc(Cl)c(C(F)(F)F)c1. The molecule has 1 aromatic carbocycles. The van der Waals surface area contributed by atoms with Crippen LogP contribution in [0.25, 0.3) is 0 Å². The molecule has 2 heterocycles. The Kier molecular flexibility index (Phi) is 5.42. The summed E-state index contributed by atoms with van der Waals surface area (Å²) in [7, 11) is -4.08. The summed E-state index contributed by atoms with van der Waals surface area (Å²) < 4.78 is 74.2. The lowest BCUT2D eigenvalue weighted by Gasteiger charge is -2.32. The second-order valence-corrected chi connectivity index (χ2v) is 8.47. The Morgan fingerprint density at radius 2 is 1.96 bits per heavy atom. The van der Waals surface area contributed by atoms with Gasteiger partial charge < -0.3 is 4.90 Å². The van der Waals surface area contributed by atoms with E-state index in [4.69, 9.17) is 11.6 Å². The van der Waals surface area contributed by atoms with Crippen molar-refractivity contribution in [3.05, 3.63) is 35.0 Å². The predicted octanol–water partition coefficient (Wildman–Crippen LogP) is 3.16. The van der Waals surface area contributed by atoms with Gasteiger partial charge in [-0.25, -0.2) is 13.1 Å². The zero-order chi connectivity index (χ0) is 18.9. The third-order valence-electron chi connectivity index (χ3n) is 4.04. The largest absolute Gasteiger partial charge is 0.417 e. The van der Waals surface area contributed by atoms with Gasteiger partial charge in [0.2, 0.25) is 10.0 Å². The number of hydrogen-bond donors (Lipinski definition) is 1. The molecule has 3 rings (SSSR count). The number of nitrogens with zero attached hydrogens (tertiary/aromatic N) is 3. The molecule has 1 saturated heterocycles. The van der Waals surface area contributed by atoms with Crippen LogP contribution in [-0.2, 0) is 16.2 Å². The lowest BCUT2D eigenvalue weighted by molar-refractivity contribution is -0.137. The van der Waals surface area contributed by atoms with Crippen LogP contribution in [0, 0.1) is 0 Å². The number of alkyl halides is 3. The molecule has 1 fully saturated rings. The quantitative estimate of drug-likeness (QED) is 0.812. The first-order valence-electron chi connectivity index (χ1n) is 7.58. The second kappa shape index (κ2) is 7.29. The number of benzene rings is 1. The number of piperidine rings is 1. The molecule has 26 heavy (non-hydrogen) atoms. The molecule has 0 radical (unpaired) electrons. The molecule has 1 aliphatic rings. The fourth-order valence-corrected chi connectivity index (χ4v) is 4.69. The summed E-state index contributed by atoms with van der Waals surface area (Å²) in [6.07, 6.45) is -2.07. The second-order valence-electron chi connectivity index (χ2n) is 5.79. The van der Waals surface area contributed by atoms with Gasteiger partial charge in [-0.2, -0.15) is 21.9 Å². The zero-order valence-corrected chi connectivity index (χ0v) is 15.6. The van der Waals surface area contributed by atoms with Gasteiger partial charge in [0.05, 0.1) is 33.4 Å². The van der Waals surface area contributed by atoms with Crippen LogP contribution in [0.5, 0.6) is 0 Å². The summed E-state index contributed by atoms with van der Waals surface area (Å²) in [5.74, 6) is 0.740. The molecule has 0 bridgehead atoms. The van der Waals surface area contributed by atoms with Crippen molar-refractivity contribution in [3.8, 4) is 0 Å². The minimum atomic E-state index is -4.73. The number of nitrogens with one attached hydrogen (secondary N) is 1. The van der Waals surface area contributed by atoms with Crippen LogP contribution in [-0.4, -0.2) is 36.3 Å². The van der Waals surface area contributed by atoms with E-state index in [0.717, 1.165) is 29.7 Å². The number of halogens is 4. The molecule has 0 atom stereocenters. The van der Waals surface area contributed by atoms with E-state index in [0.29, 0.717) is 32.0 Å². The van der Waals surface area contributed by atoms with Crippen LogP contribution in [0.1, 0.15) is 18.4 Å². The van der Waals surface area contributed by atoms with Crippen LogP contribution in [0.2, 0.25) is 5.02 Å². The fourth-order valence-electron chi connectivity index (χ4n) is 2.70. The highest BCUT2D eigenvalue weighted by molar-refractivity contribution is 7.89. The minimum absolute atomic E-state index is 0.368. The summed E-state index contributed by atoms with van der Waals surface area (Å²) in [6, 6.07) is 2.20. The van der Waals surface area contributed by atoms with Gasteiger partial charge in [-0.3, -0.25) is 0 Å². The third kappa shape index (κ3) is 4.27. The van der Waals surface area contributed by atoms with Gasteiger partial charge >= 0.3 is 6.18 Å². The molecule has 6 nitrogen and oxygen atoms in total. The monoisotopic (exact) mass is 426 g/mol. The van der Waals surface area contributed by atoms with E-state index in [1.54, 1.807) is 6.20 Å². The highest BCUT2D eigenvalue weighted by atomic mass is 35.5. The van der Waals surface area contributed by atoms with E-state index in [-0.39, 0.29) is 6.04 Å². The molecule has 142 valence electrons. The summed E-state index contributed by atoms with van der Waals surface area (Å²) in [4.78, 5) is 1.53. The molecule has 0 aliphatic carbocycles. The molecule has 1 aliphatic heterocycles. The summed E-state index contributed by atoms with van der Waals surface area (Å²) in [6.45, 7) is 1.15. The Labute approximate surface area is 157 Å². The van der Waals surface area contributed by atoms with E-state index in [1.807, 2.05) is 4.90 Å². The Morgan fingerprint density at radius 3 is 2.54 bits per heavy atom. The van der Waals surface area contributed by atoms with Crippen LogP contribution < -0.4 is 9.62 Å². The normalized spacial score (nSPS) is 16.8. The van der Waals surface area contributed by atoms with E-state index >= 15 is 0 Å². The van der Waals surface area contributed by atoms with Crippen molar-refractivity contribution in [2.45, 2.75) is 30.0 Å². The topological polar surface area (TPSA) is 75.2 Å². The van der Waals surface area contributed by atoms with E-state index in [9.17, 15) is 21.6 Å². The van der Waals surface area contributed by atoms with E-state index in [1.165, 1.54) is 0 Å². The first-order chi connectivity index (χ1) is 12.2. The van der Waals surface area contributed by atoms with Gasteiger partial charge in [-0.15, -0.1) is 0 Å². The van der Waals surface area contributed by atoms with Gasteiger partial charge in [0.15, 0.2) is 5.82 Å². The number of aromatic nitrogens is 2. The highest BCUT2D eigenvalue weighted by Gasteiger charge is 2.35. The summed E-state index contributed by atoms with van der Waals surface area (Å²) in [5, 5.41) is -0.540. The maximum absolute atomic E-state index is 12.9. The lowest BCUT2D eigenvalue weighted by Crippen LogP contribution is -2.44. The maximum atomic E-state index is 12.9. The molecule has 0 amide bonds. The van der Waals surface area contributed by atoms with Crippen LogP contribution in [0.4, 0.5) is 19.0 Å². The number of anilines is 1. The van der Waals surface area contributed by atoms with Crippen LogP contribution in [0.15, 0.2) is 29.3 Å². The maximum Gasteiger partial charge on any atom is 0.417 e. The van der Waals surface area contributed by atoms with Crippen molar-refractivity contribution in [3.63, 3.8) is 0 Å². The lowest BCUT2D eigenvalue weighted by atomic mass is 10.1. The number of hydrogen-bond acceptors (Lipinski definition) is 6. The molecule has 2 aromatic rings. The predicted molar refractivity (Wildman–Crippen MR) is 91.9 cm³/mol. The average Bonchev–Trinajstić information content (AvgIpc) is 3.09. The van der Waals surface area contributed by atoms with Crippen molar-refractivity contribution in [2.24, 2.45) is 0 Å². The highest BCUT2D eigenvalue weighted by Crippen LogP contribution is 2.36. The zero-order valence-electron chi connectivity index (χ0n) is 13.2. The smallest absolute Gasteiger partial charge is 0.354 e. The molecular weight excluding hydrogens is 413 g/mol. The molecule has 0 saturated carbocycles. The Hall–Kier alpha value is -1.43. The molecule has 0 spiro atoms. The van der Waals surface area contributed by atoms with Gasteiger partial charge in [-0.05, 0) is 31.0 Å². The minimum Gasteiger partial charge on any atom is -0.354 e. The van der Waals surface area contributed by atoms with Crippen molar-refractivity contribution in [2.75, 3.05) is 18.0 Å². The first kappa shape index (κ1) is 19.3. The van der Waals surface area contributed by atoms with Gasteiger partial charge in [0.1, 0.15) is 0 Å². The third-order valence-corrected chi connectivity index (χ3v) is 6.36. The van der Waals surface area contributed by atoms with E-state index in [2.05, 4.69) is 13.5 Å². The standard InChI is InChI=1S/C14H14ClF3N4O2S2/c15-12-2-1-10(7-11(12)14(16,17)18)26(23,24)21-9-3-5-22(6-4-9)13-8-19-25-20-13/h1-2,7-9,21H,3-6H2. The molecule has 1 N–H and O–H groups in total. The van der Waals surface area contributed by atoms with Crippen molar-refractivity contribution >= 4 is 39.2 Å². The number of sulfonamides is 1. The van der Waals surface area contributed by atoms with Crippen molar-refractivity contribution in [1.82, 2.24) is 13.5 Å². The summed E-state index contributed by atoms with van der Waals surface area (Å²) in [5.41, 5.74) is -1.17. The Bertz CT molecular complexity index is 867. The van der Waals surface area contributed by atoms with Crippen molar-refractivity contribution < 1.29 is 21.6 Å². The van der Waals surface area contributed by atoms with Gasteiger partial charge in [-0.1, -0.05) is 11.6 Å². The van der Waals surface area contributed by atoms with Crippen LogP contribution >= 0.6 is 23.3 Å². The molecule has 1 aromatic heterocycles. The first-order valence-corrected chi connectivity index (χ1v) is 10.2. The Balaban J connectivity index is 1.70. The van der Waals surface area contributed by atoms with E-state index < -0.39 is 31.7 Å². The van der Waals surface area contributed by atoms with Crippen molar-refractivity contribution in [1.29, 1.82) is 0 Å². The molecule has 12 heteroatoms. The van der Waals surface area contributed by atoms with Gasteiger partial charge in [0, 0.05) is 19.1 Å². The van der Waals surface area contributed by atoms with Crippen LogP contribution in [0.3, 0.4) is 0 Å². The summed E-state index contributed by atoms with van der Waals surface area (Å²) >= 11 is 6.63. The average molecular weight is 427 g/mol. The molecular formula is C14H14ClF3N4O2S2. The fraction of sp³-hybridized carbons (Fsp3) is 0.429. The number of rotatable bonds is 4. The van der Waals surface area contributed by atoms with Gasteiger partial charge in [0.25, 0.3) is 0 Å². The Morgan fingerprint density at radius 1 is 1.27 bits per heavy atom.